The monoisotopic (exact) mass is 264 g/mol. The summed E-state index contributed by atoms with van der Waals surface area (Å²) < 4.78 is 5.15. The maximum atomic E-state index is 10.8. The van der Waals surface area contributed by atoms with Gasteiger partial charge in [0.05, 0.1) is 6.61 Å². The van der Waals surface area contributed by atoms with Gasteiger partial charge in [0.2, 0.25) is 0 Å². The average molecular weight is 264 g/mol. The van der Waals surface area contributed by atoms with Crippen LogP contribution in [0.3, 0.4) is 0 Å². The van der Waals surface area contributed by atoms with Crippen LogP contribution in [-0.4, -0.2) is 49.4 Å². The zero-order chi connectivity index (χ0) is 13.7. The lowest BCUT2D eigenvalue weighted by atomic mass is 9.93. The molecule has 1 aliphatic carbocycles. The Morgan fingerprint density at radius 2 is 2.05 bits per heavy atom. The number of hydrogen-bond donors (Lipinski definition) is 2. The summed E-state index contributed by atoms with van der Waals surface area (Å²) in [4.78, 5) is 2.30. The SMILES string of the molecule is COCCN(CC(O)(CN)c1ccccc1)C1CC1. The van der Waals surface area contributed by atoms with Crippen molar-refractivity contribution in [3.05, 3.63) is 35.9 Å². The lowest BCUT2D eigenvalue weighted by Gasteiger charge is -2.34. The van der Waals surface area contributed by atoms with Gasteiger partial charge in [0.15, 0.2) is 0 Å². The van der Waals surface area contributed by atoms with Gasteiger partial charge in [-0.25, -0.2) is 0 Å². The van der Waals surface area contributed by atoms with E-state index in [1.165, 1.54) is 12.8 Å². The molecule has 0 bridgehead atoms. The van der Waals surface area contributed by atoms with Crippen LogP contribution in [0, 0.1) is 0 Å². The van der Waals surface area contributed by atoms with E-state index < -0.39 is 5.60 Å². The Morgan fingerprint density at radius 1 is 1.37 bits per heavy atom. The second kappa shape index (κ2) is 6.48. The molecule has 1 aromatic rings. The van der Waals surface area contributed by atoms with Crippen molar-refractivity contribution in [3.63, 3.8) is 0 Å². The van der Waals surface area contributed by atoms with Crippen molar-refractivity contribution in [2.24, 2.45) is 5.73 Å². The van der Waals surface area contributed by atoms with Crippen molar-refractivity contribution < 1.29 is 9.84 Å². The molecule has 0 spiro atoms. The normalized spacial score (nSPS) is 18.5. The Bertz CT molecular complexity index is 381. The fourth-order valence-electron chi connectivity index (χ4n) is 2.40. The minimum absolute atomic E-state index is 0.229. The highest BCUT2D eigenvalue weighted by molar-refractivity contribution is 5.23. The molecule has 1 unspecified atom stereocenters. The van der Waals surface area contributed by atoms with Crippen LogP contribution in [0.25, 0.3) is 0 Å². The predicted molar refractivity (Wildman–Crippen MR) is 75.9 cm³/mol. The Labute approximate surface area is 115 Å². The molecular formula is C15H24N2O2. The van der Waals surface area contributed by atoms with E-state index in [1.807, 2.05) is 30.3 Å². The standard InChI is InChI=1S/C15H24N2O2/c1-19-10-9-17(14-7-8-14)12-15(18,11-16)13-5-3-2-4-6-13/h2-6,14,18H,7-12,16H2,1H3. The van der Waals surface area contributed by atoms with Crippen LogP contribution in [0.1, 0.15) is 18.4 Å². The first-order valence-corrected chi connectivity index (χ1v) is 6.90. The van der Waals surface area contributed by atoms with Crippen molar-refractivity contribution in [1.82, 2.24) is 4.90 Å². The molecule has 2 rings (SSSR count). The largest absolute Gasteiger partial charge is 0.383 e. The minimum atomic E-state index is -0.975. The van der Waals surface area contributed by atoms with Crippen molar-refractivity contribution in [2.75, 3.05) is 33.4 Å². The van der Waals surface area contributed by atoms with Gasteiger partial charge in [-0.05, 0) is 18.4 Å². The molecule has 0 aliphatic heterocycles. The van der Waals surface area contributed by atoms with Gasteiger partial charge in [-0.15, -0.1) is 0 Å². The lowest BCUT2D eigenvalue weighted by Crippen LogP contribution is -2.47. The second-order valence-electron chi connectivity index (χ2n) is 5.30. The third-order valence-corrected chi connectivity index (χ3v) is 3.76. The zero-order valence-corrected chi connectivity index (χ0v) is 11.6. The van der Waals surface area contributed by atoms with Gasteiger partial charge >= 0.3 is 0 Å². The highest BCUT2D eigenvalue weighted by Crippen LogP contribution is 2.30. The summed E-state index contributed by atoms with van der Waals surface area (Å²) in [7, 11) is 1.71. The third-order valence-electron chi connectivity index (χ3n) is 3.76. The summed E-state index contributed by atoms with van der Waals surface area (Å²) in [6.07, 6.45) is 2.41. The van der Waals surface area contributed by atoms with E-state index in [0.717, 1.165) is 12.1 Å². The first kappa shape index (κ1) is 14.5. The van der Waals surface area contributed by atoms with Gasteiger partial charge in [-0.2, -0.15) is 0 Å². The first-order valence-electron chi connectivity index (χ1n) is 6.90. The number of ether oxygens (including phenoxy) is 1. The van der Waals surface area contributed by atoms with Crippen LogP contribution in [0.15, 0.2) is 30.3 Å². The molecule has 4 nitrogen and oxygen atoms in total. The molecule has 19 heavy (non-hydrogen) atoms. The Morgan fingerprint density at radius 3 is 2.58 bits per heavy atom. The van der Waals surface area contributed by atoms with Crippen LogP contribution in [0.2, 0.25) is 0 Å². The second-order valence-corrected chi connectivity index (χ2v) is 5.30. The van der Waals surface area contributed by atoms with Gasteiger partial charge in [-0.1, -0.05) is 30.3 Å². The average Bonchev–Trinajstić information content (AvgIpc) is 3.29. The fourth-order valence-corrected chi connectivity index (χ4v) is 2.40. The molecule has 1 atom stereocenters. The quantitative estimate of drug-likeness (QED) is 0.734. The molecule has 0 heterocycles. The number of aliphatic hydroxyl groups is 1. The number of nitrogens with two attached hydrogens (primary N) is 1. The summed E-state index contributed by atoms with van der Waals surface area (Å²) in [6, 6.07) is 10.3. The van der Waals surface area contributed by atoms with Gasteiger partial charge in [0.1, 0.15) is 5.60 Å². The molecule has 1 aromatic carbocycles. The number of methoxy groups -OCH3 is 1. The van der Waals surface area contributed by atoms with Gasteiger partial charge in [0, 0.05) is 32.8 Å². The number of benzene rings is 1. The summed E-state index contributed by atoms with van der Waals surface area (Å²) in [5.74, 6) is 0. The van der Waals surface area contributed by atoms with E-state index >= 15 is 0 Å². The molecule has 3 N–H and O–H groups in total. The lowest BCUT2D eigenvalue weighted by molar-refractivity contribution is -0.00200. The van der Waals surface area contributed by atoms with E-state index in [0.29, 0.717) is 19.2 Å². The molecule has 0 amide bonds. The third kappa shape index (κ3) is 3.76. The van der Waals surface area contributed by atoms with Gasteiger partial charge in [-0.3, -0.25) is 4.90 Å². The van der Waals surface area contributed by atoms with Crippen LogP contribution in [0.5, 0.6) is 0 Å². The molecule has 0 radical (unpaired) electrons. The maximum Gasteiger partial charge on any atom is 0.114 e. The molecule has 1 saturated carbocycles. The zero-order valence-electron chi connectivity index (χ0n) is 11.6. The summed E-state index contributed by atoms with van der Waals surface area (Å²) in [5, 5.41) is 10.8. The summed E-state index contributed by atoms with van der Waals surface area (Å²) in [5.41, 5.74) is 5.74. The van der Waals surface area contributed by atoms with Crippen molar-refractivity contribution in [1.29, 1.82) is 0 Å². The van der Waals surface area contributed by atoms with Crippen LogP contribution >= 0.6 is 0 Å². The highest BCUT2D eigenvalue weighted by atomic mass is 16.5. The van der Waals surface area contributed by atoms with Crippen molar-refractivity contribution in [3.8, 4) is 0 Å². The predicted octanol–water partition coefficient (Wildman–Crippen LogP) is 0.944. The van der Waals surface area contributed by atoms with E-state index in [4.69, 9.17) is 10.5 Å². The summed E-state index contributed by atoms with van der Waals surface area (Å²) in [6.45, 7) is 2.33. The topological polar surface area (TPSA) is 58.7 Å². The van der Waals surface area contributed by atoms with Crippen LogP contribution < -0.4 is 5.73 Å². The van der Waals surface area contributed by atoms with E-state index in [1.54, 1.807) is 7.11 Å². The van der Waals surface area contributed by atoms with Gasteiger partial charge in [0.25, 0.3) is 0 Å². The first-order chi connectivity index (χ1) is 9.19. The molecule has 1 fully saturated rings. The summed E-state index contributed by atoms with van der Waals surface area (Å²) >= 11 is 0. The number of rotatable bonds is 8. The van der Waals surface area contributed by atoms with Crippen LogP contribution in [-0.2, 0) is 10.3 Å². The number of nitrogens with zero attached hydrogens (tertiary/aromatic N) is 1. The molecule has 4 heteroatoms. The highest BCUT2D eigenvalue weighted by Gasteiger charge is 2.36. The molecule has 1 aliphatic rings. The van der Waals surface area contributed by atoms with Gasteiger partial charge < -0.3 is 15.6 Å². The maximum absolute atomic E-state index is 10.8. The van der Waals surface area contributed by atoms with E-state index in [-0.39, 0.29) is 6.54 Å². The van der Waals surface area contributed by atoms with Crippen molar-refractivity contribution in [2.45, 2.75) is 24.5 Å². The smallest absolute Gasteiger partial charge is 0.114 e. The Hall–Kier alpha value is -0.940. The number of hydrogen-bond acceptors (Lipinski definition) is 4. The molecule has 106 valence electrons. The van der Waals surface area contributed by atoms with E-state index in [9.17, 15) is 5.11 Å². The molecular weight excluding hydrogens is 240 g/mol. The van der Waals surface area contributed by atoms with Crippen molar-refractivity contribution >= 4 is 0 Å². The molecule has 0 saturated heterocycles. The Kier molecular flexibility index (Phi) is 4.93. The minimum Gasteiger partial charge on any atom is -0.383 e. The van der Waals surface area contributed by atoms with E-state index in [2.05, 4.69) is 4.90 Å². The fraction of sp³-hybridized carbons (Fsp3) is 0.600. The molecule has 0 aromatic heterocycles. The van der Waals surface area contributed by atoms with Crippen LogP contribution in [0.4, 0.5) is 0 Å². The Balaban J connectivity index is 2.07.